The monoisotopic (exact) mass is 432 g/mol. The van der Waals surface area contributed by atoms with Gasteiger partial charge < -0.3 is 9.32 Å². The van der Waals surface area contributed by atoms with Crippen LogP contribution in [0.5, 0.6) is 0 Å². The Morgan fingerprint density at radius 2 is 1.59 bits per heavy atom. The number of oxazole rings is 1. The SMILES string of the molecule is CN(C(=O)CCc1ncc(-c2ccccc2F)o1)C(c1ccccc1)c1ccc(F)cc1. The van der Waals surface area contributed by atoms with Gasteiger partial charge in [-0.3, -0.25) is 4.79 Å². The number of aryl methyl sites for hydroxylation is 1. The van der Waals surface area contributed by atoms with Crippen LogP contribution in [0.4, 0.5) is 8.78 Å². The van der Waals surface area contributed by atoms with Gasteiger partial charge in [0.1, 0.15) is 11.6 Å². The first-order valence-corrected chi connectivity index (χ1v) is 10.3. The highest BCUT2D eigenvalue weighted by atomic mass is 19.1. The lowest BCUT2D eigenvalue weighted by Gasteiger charge is -2.29. The van der Waals surface area contributed by atoms with Gasteiger partial charge in [0.05, 0.1) is 17.8 Å². The van der Waals surface area contributed by atoms with E-state index in [1.165, 1.54) is 24.4 Å². The van der Waals surface area contributed by atoms with Gasteiger partial charge in [-0.05, 0) is 35.4 Å². The summed E-state index contributed by atoms with van der Waals surface area (Å²) in [5, 5.41) is 0. The highest BCUT2D eigenvalue weighted by molar-refractivity contribution is 5.77. The highest BCUT2D eigenvalue weighted by Gasteiger charge is 2.24. The molecular weight excluding hydrogens is 410 g/mol. The molecule has 32 heavy (non-hydrogen) atoms. The normalized spacial score (nSPS) is 11.8. The van der Waals surface area contributed by atoms with Crippen LogP contribution in [0, 0.1) is 11.6 Å². The summed E-state index contributed by atoms with van der Waals surface area (Å²) in [6, 6.07) is 21.7. The maximum Gasteiger partial charge on any atom is 0.223 e. The molecule has 0 aliphatic carbocycles. The number of hydrogen-bond acceptors (Lipinski definition) is 3. The first-order chi connectivity index (χ1) is 15.5. The van der Waals surface area contributed by atoms with Crippen LogP contribution in [0.1, 0.15) is 29.5 Å². The summed E-state index contributed by atoms with van der Waals surface area (Å²) in [4.78, 5) is 18.9. The number of aromatic nitrogens is 1. The van der Waals surface area contributed by atoms with Gasteiger partial charge in [-0.1, -0.05) is 54.6 Å². The van der Waals surface area contributed by atoms with E-state index in [0.717, 1.165) is 11.1 Å². The molecule has 1 unspecified atom stereocenters. The molecule has 0 aliphatic heterocycles. The van der Waals surface area contributed by atoms with Crippen LogP contribution < -0.4 is 0 Å². The van der Waals surface area contributed by atoms with Gasteiger partial charge in [0.2, 0.25) is 5.91 Å². The third-order valence-electron chi connectivity index (χ3n) is 5.33. The van der Waals surface area contributed by atoms with Crippen LogP contribution >= 0.6 is 0 Å². The van der Waals surface area contributed by atoms with Gasteiger partial charge in [0.25, 0.3) is 0 Å². The van der Waals surface area contributed by atoms with E-state index >= 15 is 0 Å². The zero-order valence-corrected chi connectivity index (χ0v) is 17.5. The molecule has 3 aromatic carbocycles. The molecule has 162 valence electrons. The smallest absolute Gasteiger partial charge is 0.223 e. The Balaban J connectivity index is 1.49. The molecule has 4 nitrogen and oxygen atoms in total. The quantitative estimate of drug-likeness (QED) is 0.371. The Bertz CT molecular complexity index is 1190. The summed E-state index contributed by atoms with van der Waals surface area (Å²) in [6.07, 6.45) is 1.91. The second kappa shape index (κ2) is 9.56. The topological polar surface area (TPSA) is 46.3 Å². The molecule has 1 atom stereocenters. The van der Waals surface area contributed by atoms with Crippen molar-refractivity contribution in [2.45, 2.75) is 18.9 Å². The highest BCUT2D eigenvalue weighted by Crippen LogP contribution is 2.29. The molecule has 0 bridgehead atoms. The molecule has 4 aromatic rings. The number of nitrogens with zero attached hydrogens (tertiary/aromatic N) is 2. The molecule has 0 radical (unpaired) electrons. The van der Waals surface area contributed by atoms with Crippen molar-refractivity contribution >= 4 is 5.91 Å². The molecule has 4 rings (SSSR count). The number of carbonyl (C=O) groups is 1. The van der Waals surface area contributed by atoms with Gasteiger partial charge in [0, 0.05) is 19.9 Å². The average Bonchev–Trinajstić information content (AvgIpc) is 3.28. The van der Waals surface area contributed by atoms with Crippen LogP contribution in [0.25, 0.3) is 11.3 Å². The molecule has 0 aliphatic rings. The third kappa shape index (κ3) is 4.75. The van der Waals surface area contributed by atoms with Crippen molar-refractivity contribution in [3.05, 3.63) is 114 Å². The maximum absolute atomic E-state index is 14.0. The van der Waals surface area contributed by atoms with Crippen LogP contribution in [0.15, 0.2) is 89.5 Å². The minimum atomic E-state index is -0.393. The fraction of sp³-hybridized carbons (Fsp3) is 0.154. The molecule has 1 amide bonds. The van der Waals surface area contributed by atoms with E-state index in [9.17, 15) is 13.6 Å². The van der Waals surface area contributed by atoms with Crippen molar-refractivity contribution in [2.75, 3.05) is 7.05 Å². The summed E-state index contributed by atoms with van der Waals surface area (Å²) in [5.74, 6) is -0.149. The standard InChI is InChI=1S/C26H22F2N2O2/c1-30(26(18-7-3-2-4-8-18)19-11-13-20(27)14-12-19)25(31)16-15-24-29-17-23(32-24)21-9-5-6-10-22(21)28/h2-14,17,26H,15-16H2,1H3. The van der Waals surface area contributed by atoms with Crippen molar-refractivity contribution in [2.24, 2.45) is 0 Å². The first kappa shape index (κ1) is 21.4. The van der Waals surface area contributed by atoms with E-state index < -0.39 is 5.82 Å². The van der Waals surface area contributed by atoms with Gasteiger partial charge in [-0.2, -0.15) is 0 Å². The number of rotatable bonds is 7. The third-order valence-corrected chi connectivity index (χ3v) is 5.33. The zero-order chi connectivity index (χ0) is 22.5. The lowest BCUT2D eigenvalue weighted by molar-refractivity contribution is -0.131. The van der Waals surface area contributed by atoms with Gasteiger partial charge >= 0.3 is 0 Å². The Morgan fingerprint density at radius 1 is 0.938 bits per heavy atom. The van der Waals surface area contributed by atoms with Crippen LogP contribution in [-0.2, 0) is 11.2 Å². The van der Waals surface area contributed by atoms with Crippen LogP contribution in [-0.4, -0.2) is 22.8 Å². The van der Waals surface area contributed by atoms with Crippen LogP contribution in [0.2, 0.25) is 0 Å². The molecule has 0 spiro atoms. The lowest BCUT2D eigenvalue weighted by Crippen LogP contribution is -2.32. The largest absolute Gasteiger partial charge is 0.441 e. The molecule has 1 heterocycles. The minimum absolute atomic E-state index is 0.117. The second-order valence-corrected chi connectivity index (χ2v) is 7.47. The lowest BCUT2D eigenvalue weighted by atomic mass is 9.97. The number of hydrogen-bond donors (Lipinski definition) is 0. The van der Waals surface area contributed by atoms with E-state index in [1.807, 2.05) is 30.3 Å². The maximum atomic E-state index is 14.0. The van der Waals surface area contributed by atoms with Gasteiger partial charge in [0.15, 0.2) is 11.7 Å². The summed E-state index contributed by atoms with van der Waals surface area (Å²) < 4.78 is 33.1. The predicted octanol–water partition coefficient (Wildman–Crippen LogP) is 5.80. The Kier molecular flexibility index (Phi) is 6.40. The number of amides is 1. The van der Waals surface area contributed by atoms with Gasteiger partial charge in [-0.25, -0.2) is 13.8 Å². The fourth-order valence-corrected chi connectivity index (χ4v) is 3.67. The summed E-state index contributed by atoms with van der Waals surface area (Å²) >= 11 is 0. The van der Waals surface area contributed by atoms with Crippen molar-refractivity contribution < 1.29 is 18.0 Å². The molecule has 1 aromatic heterocycles. The van der Waals surface area contributed by atoms with E-state index in [4.69, 9.17) is 4.42 Å². The molecule has 0 saturated heterocycles. The van der Waals surface area contributed by atoms with E-state index in [2.05, 4.69) is 4.98 Å². The molecule has 0 N–H and O–H groups in total. The molecule has 0 saturated carbocycles. The van der Waals surface area contributed by atoms with E-state index in [0.29, 0.717) is 17.2 Å². The molecular formula is C26H22F2N2O2. The average molecular weight is 432 g/mol. The van der Waals surface area contributed by atoms with Crippen molar-refractivity contribution in [3.8, 4) is 11.3 Å². The number of benzene rings is 3. The second-order valence-electron chi connectivity index (χ2n) is 7.47. The number of carbonyl (C=O) groups excluding carboxylic acids is 1. The Labute approximate surface area is 185 Å². The summed E-state index contributed by atoms with van der Waals surface area (Å²) in [5.41, 5.74) is 2.06. The molecule has 6 heteroatoms. The number of halogens is 2. The van der Waals surface area contributed by atoms with E-state index in [1.54, 1.807) is 42.3 Å². The van der Waals surface area contributed by atoms with Crippen molar-refractivity contribution in [3.63, 3.8) is 0 Å². The summed E-state index contributed by atoms with van der Waals surface area (Å²) in [7, 11) is 1.73. The molecule has 0 fully saturated rings. The van der Waals surface area contributed by atoms with Crippen molar-refractivity contribution in [1.82, 2.24) is 9.88 Å². The predicted molar refractivity (Wildman–Crippen MR) is 118 cm³/mol. The van der Waals surface area contributed by atoms with E-state index in [-0.39, 0.29) is 30.6 Å². The fourth-order valence-electron chi connectivity index (χ4n) is 3.67. The first-order valence-electron chi connectivity index (χ1n) is 10.3. The Morgan fingerprint density at radius 3 is 2.31 bits per heavy atom. The van der Waals surface area contributed by atoms with Crippen molar-refractivity contribution in [1.29, 1.82) is 0 Å². The summed E-state index contributed by atoms with van der Waals surface area (Å²) in [6.45, 7) is 0. The van der Waals surface area contributed by atoms with Gasteiger partial charge in [-0.15, -0.1) is 0 Å². The zero-order valence-electron chi connectivity index (χ0n) is 17.5. The van der Waals surface area contributed by atoms with Crippen LogP contribution in [0.3, 0.4) is 0 Å². The Hall–Kier alpha value is -3.80. The minimum Gasteiger partial charge on any atom is -0.441 e.